The van der Waals surface area contributed by atoms with E-state index < -0.39 is 0 Å². The Morgan fingerprint density at radius 3 is 2.45 bits per heavy atom. The molecule has 0 radical (unpaired) electrons. The summed E-state index contributed by atoms with van der Waals surface area (Å²) in [4.78, 5) is 10.2. The third-order valence-electron chi connectivity index (χ3n) is 5.81. The van der Waals surface area contributed by atoms with Crippen molar-refractivity contribution in [3.8, 4) is 17.0 Å². The number of ether oxygens (including phenoxy) is 1. The fourth-order valence-corrected chi connectivity index (χ4v) is 4.26. The Balaban J connectivity index is 2.08. The molecule has 0 saturated heterocycles. The fourth-order valence-electron chi connectivity index (χ4n) is 4.26. The molecule has 4 nitrogen and oxygen atoms in total. The van der Waals surface area contributed by atoms with E-state index in [4.69, 9.17) is 14.7 Å². The SMILES string of the molecule is CCCCCNc1nc(CC)c(-c2c(OCC)ccc3c2CCCC3)nc1CC. The number of anilines is 1. The molecule has 1 N–H and O–H groups in total. The summed E-state index contributed by atoms with van der Waals surface area (Å²) < 4.78 is 6.07. The van der Waals surface area contributed by atoms with E-state index >= 15 is 0 Å². The molecular weight excluding hydrogens is 358 g/mol. The molecule has 1 heterocycles. The van der Waals surface area contributed by atoms with Crippen LogP contribution < -0.4 is 10.1 Å². The highest BCUT2D eigenvalue weighted by Crippen LogP contribution is 2.40. The van der Waals surface area contributed by atoms with Crippen LogP contribution in [-0.2, 0) is 25.7 Å². The van der Waals surface area contributed by atoms with Gasteiger partial charge in [0.05, 0.1) is 23.7 Å². The molecule has 0 unspecified atom stereocenters. The van der Waals surface area contributed by atoms with Gasteiger partial charge in [0.15, 0.2) is 0 Å². The van der Waals surface area contributed by atoms with Crippen LogP contribution >= 0.6 is 0 Å². The van der Waals surface area contributed by atoms with E-state index in [0.29, 0.717) is 6.61 Å². The number of unbranched alkanes of at least 4 members (excludes halogenated alkanes) is 2. The van der Waals surface area contributed by atoms with Gasteiger partial charge in [-0.3, -0.25) is 0 Å². The minimum absolute atomic E-state index is 0.665. The van der Waals surface area contributed by atoms with Gasteiger partial charge in [0.25, 0.3) is 0 Å². The summed E-state index contributed by atoms with van der Waals surface area (Å²) >= 11 is 0. The molecule has 1 aliphatic carbocycles. The van der Waals surface area contributed by atoms with Crippen LogP contribution in [0, 0.1) is 0 Å². The molecular formula is C25H37N3O. The molecule has 1 aromatic heterocycles. The van der Waals surface area contributed by atoms with Crippen LogP contribution in [0.15, 0.2) is 12.1 Å². The lowest BCUT2D eigenvalue weighted by atomic mass is 9.86. The lowest BCUT2D eigenvalue weighted by Gasteiger charge is -2.23. The molecule has 0 spiro atoms. The van der Waals surface area contributed by atoms with Crippen molar-refractivity contribution in [3.63, 3.8) is 0 Å². The second-order valence-electron chi connectivity index (χ2n) is 7.87. The van der Waals surface area contributed by atoms with E-state index in [9.17, 15) is 0 Å². The van der Waals surface area contributed by atoms with Crippen molar-refractivity contribution in [1.82, 2.24) is 9.97 Å². The number of fused-ring (bicyclic) bond motifs is 1. The number of nitrogens with one attached hydrogen (secondary N) is 1. The van der Waals surface area contributed by atoms with E-state index in [1.54, 1.807) is 0 Å². The monoisotopic (exact) mass is 395 g/mol. The second-order valence-corrected chi connectivity index (χ2v) is 7.87. The summed E-state index contributed by atoms with van der Waals surface area (Å²) in [7, 11) is 0. The van der Waals surface area contributed by atoms with Gasteiger partial charge in [-0.15, -0.1) is 0 Å². The molecule has 0 amide bonds. The maximum absolute atomic E-state index is 6.07. The normalized spacial score (nSPS) is 13.2. The van der Waals surface area contributed by atoms with Gasteiger partial charge in [0, 0.05) is 12.1 Å². The smallest absolute Gasteiger partial charge is 0.148 e. The van der Waals surface area contributed by atoms with Crippen molar-refractivity contribution in [1.29, 1.82) is 0 Å². The third-order valence-corrected chi connectivity index (χ3v) is 5.81. The Hall–Kier alpha value is -2.10. The zero-order chi connectivity index (χ0) is 20.6. The molecule has 1 aromatic carbocycles. The molecule has 0 bridgehead atoms. The summed E-state index contributed by atoms with van der Waals surface area (Å²) in [5.74, 6) is 1.93. The highest BCUT2D eigenvalue weighted by Gasteiger charge is 2.23. The Morgan fingerprint density at radius 1 is 0.931 bits per heavy atom. The number of rotatable bonds is 10. The van der Waals surface area contributed by atoms with Crippen molar-refractivity contribution in [2.45, 2.75) is 85.5 Å². The van der Waals surface area contributed by atoms with Crippen LogP contribution in [0.3, 0.4) is 0 Å². The summed E-state index contributed by atoms with van der Waals surface area (Å²) in [6.07, 6.45) is 10.2. The Morgan fingerprint density at radius 2 is 1.72 bits per heavy atom. The van der Waals surface area contributed by atoms with Crippen molar-refractivity contribution >= 4 is 5.82 Å². The fraction of sp³-hybridized carbons (Fsp3) is 0.600. The Bertz CT molecular complexity index is 816. The number of hydrogen-bond acceptors (Lipinski definition) is 4. The lowest BCUT2D eigenvalue weighted by Crippen LogP contribution is -2.13. The van der Waals surface area contributed by atoms with Gasteiger partial charge in [0.1, 0.15) is 11.6 Å². The van der Waals surface area contributed by atoms with Crippen LogP contribution in [0.25, 0.3) is 11.3 Å². The Labute approximate surface area is 176 Å². The molecule has 0 saturated carbocycles. The van der Waals surface area contributed by atoms with Crippen LogP contribution in [0.1, 0.15) is 82.3 Å². The summed E-state index contributed by atoms with van der Waals surface area (Å²) in [5.41, 5.74) is 7.24. The van der Waals surface area contributed by atoms with Gasteiger partial charge >= 0.3 is 0 Å². The molecule has 1 aliphatic rings. The maximum atomic E-state index is 6.07. The van der Waals surface area contributed by atoms with Gasteiger partial charge in [0.2, 0.25) is 0 Å². The number of aromatic nitrogens is 2. The number of nitrogens with zero attached hydrogens (tertiary/aromatic N) is 2. The molecule has 0 fully saturated rings. The van der Waals surface area contributed by atoms with Gasteiger partial charge < -0.3 is 10.1 Å². The van der Waals surface area contributed by atoms with Crippen molar-refractivity contribution in [2.24, 2.45) is 0 Å². The first-order valence-corrected chi connectivity index (χ1v) is 11.6. The van der Waals surface area contributed by atoms with Crippen molar-refractivity contribution in [3.05, 3.63) is 34.6 Å². The van der Waals surface area contributed by atoms with Gasteiger partial charge in [-0.25, -0.2) is 9.97 Å². The standard InChI is InChI=1S/C25H37N3O/c1-5-9-12-17-26-25-21(7-3)27-24(20(6-2)28-25)23-19-14-11-10-13-18(19)15-16-22(23)29-8-4/h15-16H,5-14,17H2,1-4H3,(H,26,28). The van der Waals surface area contributed by atoms with Crippen LogP contribution in [0.4, 0.5) is 5.82 Å². The summed E-state index contributed by atoms with van der Waals surface area (Å²) in [6.45, 7) is 10.3. The molecule has 4 heteroatoms. The van der Waals surface area contributed by atoms with E-state index in [1.807, 2.05) is 0 Å². The van der Waals surface area contributed by atoms with Crippen LogP contribution in [0.5, 0.6) is 5.75 Å². The average Bonchev–Trinajstić information content (AvgIpc) is 2.76. The zero-order valence-corrected chi connectivity index (χ0v) is 18.7. The van der Waals surface area contributed by atoms with Gasteiger partial charge in [-0.05, 0) is 69.1 Å². The molecule has 2 aromatic rings. The third kappa shape index (κ3) is 4.91. The molecule has 0 aliphatic heterocycles. The highest BCUT2D eigenvalue weighted by molar-refractivity contribution is 5.75. The Kier molecular flexibility index (Phi) is 7.91. The molecule has 158 valence electrons. The predicted molar refractivity (Wildman–Crippen MR) is 122 cm³/mol. The maximum Gasteiger partial charge on any atom is 0.148 e. The van der Waals surface area contributed by atoms with E-state index in [0.717, 1.165) is 60.9 Å². The van der Waals surface area contributed by atoms with E-state index in [1.165, 1.54) is 48.8 Å². The second kappa shape index (κ2) is 10.6. The number of benzene rings is 1. The van der Waals surface area contributed by atoms with Crippen LogP contribution in [-0.4, -0.2) is 23.1 Å². The van der Waals surface area contributed by atoms with Gasteiger partial charge in [-0.1, -0.05) is 39.7 Å². The minimum atomic E-state index is 0.665. The number of hydrogen-bond donors (Lipinski definition) is 1. The summed E-state index contributed by atoms with van der Waals surface area (Å²) in [6, 6.07) is 4.40. The number of aryl methyl sites for hydroxylation is 3. The summed E-state index contributed by atoms with van der Waals surface area (Å²) in [5, 5.41) is 3.55. The first-order valence-electron chi connectivity index (χ1n) is 11.6. The average molecular weight is 396 g/mol. The molecule has 0 atom stereocenters. The first kappa shape index (κ1) is 21.6. The van der Waals surface area contributed by atoms with Crippen LogP contribution in [0.2, 0.25) is 0 Å². The topological polar surface area (TPSA) is 47.0 Å². The molecule has 29 heavy (non-hydrogen) atoms. The highest BCUT2D eigenvalue weighted by atomic mass is 16.5. The largest absolute Gasteiger partial charge is 0.493 e. The van der Waals surface area contributed by atoms with E-state index in [2.05, 4.69) is 45.1 Å². The van der Waals surface area contributed by atoms with Crippen molar-refractivity contribution in [2.75, 3.05) is 18.5 Å². The minimum Gasteiger partial charge on any atom is -0.493 e. The first-order chi connectivity index (χ1) is 14.2. The molecule has 3 rings (SSSR count). The predicted octanol–water partition coefficient (Wildman–Crippen LogP) is 6.15. The van der Waals surface area contributed by atoms with Crippen molar-refractivity contribution < 1.29 is 4.74 Å². The zero-order valence-electron chi connectivity index (χ0n) is 18.7. The van der Waals surface area contributed by atoms with E-state index in [-0.39, 0.29) is 0 Å². The lowest BCUT2D eigenvalue weighted by molar-refractivity contribution is 0.341. The van der Waals surface area contributed by atoms with Gasteiger partial charge in [-0.2, -0.15) is 0 Å². The quantitative estimate of drug-likeness (QED) is 0.490.